The molecule has 2 aromatic rings. The standard InChI is InChI=1S/C18H23NO/c1-3-20-18-12-8-7-11-17(18)19-15(2)13-14-16-9-5-4-6-10-16/h4-12,15,19H,3,13-14H2,1-2H3. The zero-order valence-corrected chi connectivity index (χ0v) is 12.3. The molecule has 0 amide bonds. The average molecular weight is 269 g/mol. The van der Waals surface area contributed by atoms with E-state index in [2.05, 4.69) is 48.6 Å². The second kappa shape index (κ2) is 7.59. The van der Waals surface area contributed by atoms with Crippen molar-refractivity contribution in [3.63, 3.8) is 0 Å². The minimum absolute atomic E-state index is 0.414. The molecule has 2 nitrogen and oxygen atoms in total. The maximum Gasteiger partial charge on any atom is 0.142 e. The van der Waals surface area contributed by atoms with Gasteiger partial charge < -0.3 is 10.1 Å². The van der Waals surface area contributed by atoms with E-state index in [-0.39, 0.29) is 0 Å². The summed E-state index contributed by atoms with van der Waals surface area (Å²) in [5.74, 6) is 0.932. The number of benzene rings is 2. The van der Waals surface area contributed by atoms with Crippen LogP contribution in [0.4, 0.5) is 5.69 Å². The molecule has 106 valence electrons. The number of anilines is 1. The summed E-state index contributed by atoms with van der Waals surface area (Å²) in [5, 5.41) is 3.54. The third-order valence-electron chi connectivity index (χ3n) is 3.30. The fourth-order valence-electron chi connectivity index (χ4n) is 2.23. The van der Waals surface area contributed by atoms with Crippen molar-refractivity contribution in [2.75, 3.05) is 11.9 Å². The first-order valence-corrected chi connectivity index (χ1v) is 7.32. The molecule has 0 heterocycles. The number of rotatable bonds is 7. The Bertz CT molecular complexity index is 510. The van der Waals surface area contributed by atoms with Crippen molar-refractivity contribution in [1.29, 1.82) is 0 Å². The monoisotopic (exact) mass is 269 g/mol. The molecule has 0 saturated heterocycles. The molecular formula is C18H23NO. The number of hydrogen-bond acceptors (Lipinski definition) is 2. The third kappa shape index (κ3) is 4.30. The predicted octanol–water partition coefficient (Wildman–Crippen LogP) is 4.52. The van der Waals surface area contributed by atoms with E-state index in [1.807, 2.05) is 25.1 Å². The van der Waals surface area contributed by atoms with Crippen molar-refractivity contribution in [3.8, 4) is 5.75 Å². The van der Waals surface area contributed by atoms with Gasteiger partial charge >= 0.3 is 0 Å². The molecule has 2 aromatic carbocycles. The summed E-state index contributed by atoms with van der Waals surface area (Å²) < 4.78 is 5.64. The Morgan fingerprint density at radius 1 is 1.00 bits per heavy atom. The van der Waals surface area contributed by atoms with Crippen molar-refractivity contribution >= 4 is 5.69 Å². The van der Waals surface area contributed by atoms with Crippen LogP contribution in [-0.2, 0) is 6.42 Å². The molecule has 0 radical (unpaired) electrons. The molecule has 0 aliphatic heterocycles. The lowest BCUT2D eigenvalue weighted by Crippen LogP contribution is -2.16. The van der Waals surface area contributed by atoms with Crippen LogP contribution in [0.2, 0.25) is 0 Å². The summed E-state index contributed by atoms with van der Waals surface area (Å²) in [6.45, 7) is 4.92. The Labute approximate surface area is 121 Å². The van der Waals surface area contributed by atoms with Gasteiger partial charge in [-0.15, -0.1) is 0 Å². The van der Waals surface area contributed by atoms with Crippen LogP contribution in [0.5, 0.6) is 5.75 Å². The molecule has 0 fully saturated rings. The van der Waals surface area contributed by atoms with Gasteiger partial charge in [-0.2, -0.15) is 0 Å². The van der Waals surface area contributed by atoms with Gasteiger partial charge in [-0.1, -0.05) is 42.5 Å². The molecule has 1 unspecified atom stereocenters. The first kappa shape index (κ1) is 14.4. The Hall–Kier alpha value is -1.96. The number of ether oxygens (including phenoxy) is 1. The molecule has 0 aliphatic rings. The van der Waals surface area contributed by atoms with E-state index in [1.165, 1.54) is 5.56 Å². The van der Waals surface area contributed by atoms with Gasteiger partial charge in [0.25, 0.3) is 0 Å². The van der Waals surface area contributed by atoms with Crippen LogP contribution in [-0.4, -0.2) is 12.6 Å². The lowest BCUT2D eigenvalue weighted by Gasteiger charge is -2.18. The number of para-hydroxylation sites is 2. The second-order valence-corrected chi connectivity index (χ2v) is 5.00. The van der Waals surface area contributed by atoms with Crippen LogP contribution in [0.3, 0.4) is 0 Å². The lowest BCUT2D eigenvalue weighted by molar-refractivity contribution is 0.341. The Kier molecular flexibility index (Phi) is 5.48. The average Bonchev–Trinajstić information content (AvgIpc) is 2.49. The maximum atomic E-state index is 5.64. The second-order valence-electron chi connectivity index (χ2n) is 5.00. The smallest absolute Gasteiger partial charge is 0.142 e. The van der Waals surface area contributed by atoms with Gasteiger partial charge in [0.15, 0.2) is 0 Å². The first-order chi connectivity index (χ1) is 9.79. The van der Waals surface area contributed by atoms with E-state index in [9.17, 15) is 0 Å². The summed E-state index contributed by atoms with van der Waals surface area (Å²) >= 11 is 0. The molecule has 20 heavy (non-hydrogen) atoms. The van der Waals surface area contributed by atoms with E-state index in [1.54, 1.807) is 0 Å². The van der Waals surface area contributed by atoms with Crippen LogP contribution >= 0.6 is 0 Å². The summed E-state index contributed by atoms with van der Waals surface area (Å²) in [6.07, 6.45) is 2.19. The van der Waals surface area contributed by atoms with Crippen molar-refractivity contribution in [1.82, 2.24) is 0 Å². The van der Waals surface area contributed by atoms with Crippen LogP contribution in [0.15, 0.2) is 54.6 Å². The molecule has 2 rings (SSSR count). The minimum atomic E-state index is 0.414. The number of aryl methyl sites for hydroxylation is 1. The zero-order chi connectivity index (χ0) is 14.2. The van der Waals surface area contributed by atoms with E-state index in [0.717, 1.165) is 24.3 Å². The maximum absolute atomic E-state index is 5.64. The molecule has 0 aromatic heterocycles. The van der Waals surface area contributed by atoms with Crippen LogP contribution < -0.4 is 10.1 Å². The summed E-state index contributed by atoms with van der Waals surface area (Å²) in [5.41, 5.74) is 2.47. The highest BCUT2D eigenvalue weighted by atomic mass is 16.5. The highest BCUT2D eigenvalue weighted by Crippen LogP contribution is 2.25. The molecule has 1 N–H and O–H groups in total. The minimum Gasteiger partial charge on any atom is -0.492 e. The zero-order valence-electron chi connectivity index (χ0n) is 12.3. The molecule has 0 bridgehead atoms. The van der Waals surface area contributed by atoms with E-state index in [4.69, 9.17) is 4.74 Å². The summed E-state index contributed by atoms with van der Waals surface area (Å²) in [4.78, 5) is 0. The van der Waals surface area contributed by atoms with Crippen LogP contribution in [0, 0.1) is 0 Å². The topological polar surface area (TPSA) is 21.3 Å². The van der Waals surface area contributed by atoms with Crippen LogP contribution in [0.1, 0.15) is 25.8 Å². The summed E-state index contributed by atoms with van der Waals surface area (Å²) in [7, 11) is 0. The molecular weight excluding hydrogens is 246 g/mol. The van der Waals surface area contributed by atoms with Crippen LogP contribution in [0.25, 0.3) is 0 Å². The summed E-state index contributed by atoms with van der Waals surface area (Å²) in [6, 6.07) is 19.2. The Morgan fingerprint density at radius 3 is 2.45 bits per heavy atom. The van der Waals surface area contributed by atoms with E-state index < -0.39 is 0 Å². The van der Waals surface area contributed by atoms with Gasteiger partial charge in [0.05, 0.1) is 12.3 Å². The van der Waals surface area contributed by atoms with Gasteiger partial charge in [0, 0.05) is 6.04 Å². The highest BCUT2D eigenvalue weighted by molar-refractivity contribution is 5.56. The SMILES string of the molecule is CCOc1ccccc1NC(C)CCc1ccccc1. The predicted molar refractivity (Wildman–Crippen MR) is 85.5 cm³/mol. The van der Waals surface area contributed by atoms with Crippen molar-refractivity contribution in [3.05, 3.63) is 60.2 Å². The van der Waals surface area contributed by atoms with Gasteiger partial charge in [-0.25, -0.2) is 0 Å². The third-order valence-corrected chi connectivity index (χ3v) is 3.30. The van der Waals surface area contributed by atoms with E-state index in [0.29, 0.717) is 12.6 Å². The fraction of sp³-hybridized carbons (Fsp3) is 0.333. The van der Waals surface area contributed by atoms with Gasteiger partial charge in [-0.05, 0) is 44.4 Å². The molecule has 0 spiro atoms. The Morgan fingerprint density at radius 2 is 1.70 bits per heavy atom. The Balaban J connectivity index is 1.89. The molecule has 0 saturated carbocycles. The van der Waals surface area contributed by atoms with Gasteiger partial charge in [0.1, 0.15) is 5.75 Å². The van der Waals surface area contributed by atoms with E-state index >= 15 is 0 Å². The molecule has 0 aliphatic carbocycles. The lowest BCUT2D eigenvalue weighted by atomic mass is 10.1. The molecule has 2 heteroatoms. The van der Waals surface area contributed by atoms with Crippen molar-refractivity contribution in [2.45, 2.75) is 32.7 Å². The van der Waals surface area contributed by atoms with Gasteiger partial charge in [-0.3, -0.25) is 0 Å². The van der Waals surface area contributed by atoms with Gasteiger partial charge in [0.2, 0.25) is 0 Å². The quantitative estimate of drug-likeness (QED) is 0.798. The molecule has 1 atom stereocenters. The van der Waals surface area contributed by atoms with Crippen molar-refractivity contribution < 1.29 is 4.74 Å². The number of nitrogens with one attached hydrogen (secondary N) is 1. The first-order valence-electron chi connectivity index (χ1n) is 7.32. The number of hydrogen-bond donors (Lipinski definition) is 1. The van der Waals surface area contributed by atoms with Crippen molar-refractivity contribution in [2.24, 2.45) is 0 Å². The highest BCUT2D eigenvalue weighted by Gasteiger charge is 2.06. The normalized spacial score (nSPS) is 11.9. The largest absolute Gasteiger partial charge is 0.492 e. The fourth-order valence-corrected chi connectivity index (χ4v) is 2.23.